The Morgan fingerprint density at radius 2 is 1.81 bits per heavy atom. The minimum Gasteiger partial charge on any atom is -0.340 e. The van der Waals surface area contributed by atoms with Crippen LogP contribution in [-0.4, -0.2) is 28.2 Å². The van der Waals surface area contributed by atoms with Crippen molar-refractivity contribution in [2.24, 2.45) is 0 Å². The van der Waals surface area contributed by atoms with Crippen molar-refractivity contribution < 1.29 is 9.59 Å². The van der Waals surface area contributed by atoms with E-state index in [4.69, 9.17) is 0 Å². The molecular formula is C21H18N4O2. The number of Topliss-reactive ketones (excluding diaryl/α,β-unsaturated/α-hetero) is 1. The third-order valence-electron chi connectivity index (χ3n) is 4.58. The van der Waals surface area contributed by atoms with Gasteiger partial charge in [0.25, 0.3) is 5.91 Å². The molecule has 0 aliphatic carbocycles. The summed E-state index contributed by atoms with van der Waals surface area (Å²) >= 11 is 0. The van der Waals surface area contributed by atoms with Crippen LogP contribution in [0.3, 0.4) is 0 Å². The van der Waals surface area contributed by atoms with Gasteiger partial charge in [0.2, 0.25) is 0 Å². The first-order valence-electron chi connectivity index (χ1n) is 8.71. The summed E-state index contributed by atoms with van der Waals surface area (Å²) in [7, 11) is 0. The van der Waals surface area contributed by atoms with E-state index >= 15 is 0 Å². The van der Waals surface area contributed by atoms with Gasteiger partial charge in [0.15, 0.2) is 5.78 Å². The number of hydrogen-bond acceptors (Lipinski definition) is 5. The summed E-state index contributed by atoms with van der Waals surface area (Å²) in [6.07, 6.45) is 2.22. The van der Waals surface area contributed by atoms with Gasteiger partial charge in [-0.25, -0.2) is 9.97 Å². The SMILES string of the molecule is CC(=O)c1ccc(Nc2cc(C(=O)N3CCc4ccccc43)ncn2)cc1. The van der Waals surface area contributed by atoms with E-state index in [-0.39, 0.29) is 11.7 Å². The lowest BCUT2D eigenvalue weighted by atomic mass is 10.1. The summed E-state index contributed by atoms with van der Waals surface area (Å²) in [5, 5.41) is 3.14. The second-order valence-corrected chi connectivity index (χ2v) is 6.38. The highest BCUT2D eigenvalue weighted by atomic mass is 16.2. The number of fused-ring (bicyclic) bond motifs is 1. The zero-order valence-electron chi connectivity index (χ0n) is 14.8. The number of anilines is 3. The summed E-state index contributed by atoms with van der Waals surface area (Å²) in [6, 6.07) is 16.7. The maximum absolute atomic E-state index is 12.9. The summed E-state index contributed by atoms with van der Waals surface area (Å²) in [5.41, 5.74) is 3.87. The second kappa shape index (κ2) is 6.99. The van der Waals surface area contributed by atoms with E-state index in [2.05, 4.69) is 15.3 Å². The predicted octanol–water partition coefficient (Wildman–Crippen LogP) is 3.63. The van der Waals surface area contributed by atoms with E-state index in [9.17, 15) is 9.59 Å². The Bertz CT molecular complexity index is 1010. The smallest absolute Gasteiger partial charge is 0.277 e. The Labute approximate surface area is 156 Å². The normalized spacial score (nSPS) is 12.6. The summed E-state index contributed by atoms with van der Waals surface area (Å²) in [4.78, 5) is 34.4. The number of ketones is 1. The van der Waals surface area contributed by atoms with Gasteiger partial charge in [-0.3, -0.25) is 9.59 Å². The number of aromatic nitrogens is 2. The fraction of sp³-hybridized carbons (Fsp3) is 0.143. The van der Waals surface area contributed by atoms with Gasteiger partial charge < -0.3 is 10.2 Å². The Kier molecular flexibility index (Phi) is 4.38. The molecule has 1 N–H and O–H groups in total. The largest absolute Gasteiger partial charge is 0.340 e. The highest BCUT2D eigenvalue weighted by molar-refractivity contribution is 6.06. The van der Waals surface area contributed by atoms with Crippen LogP contribution in [0.1, 0.15) is 33.3 Å². The fourth-order valence-corrected chi connectivity index (χ4v) is 3.17. The van der Waals surface area contributed by atoms with Crippen molar-refractivity contribution >= 4 is 28.9 Å². The molecule has 6 heteroatoms. The molecule has 0 radical (unpaired) electrons. The van der Waals surface area contributed by atoms with Gasteiger partial charge in [0.05, 0.1) is 0 Å². The summed E-state index contributed by atoms with van der Waals surface area (Å²) < 4.78 is 0. The molecule has 2 heterocycles. The first kappa shape index (κ1) is 16.9. The topological polar surface area (TPSA) is 75.2 Å². The molecular weight excluding hydrogens is 340 g/mol. The van der Waals surface area contributed by atoms with Crippen molar-refractivity contribution in [2.45, 2.75) is 13.3 Å². The van der Waals surface area contributed by atoms with Crippen molar-refractivity contribution in [1.82, 2.24) is 9.97 Å². The average molecular weight is 358 g/mol. The van der Waals surface area contributed by atoms with Crippen LogP contribution in [0.2, 0.25) is 0 Å². The molecule has 6 nitrogen and oxygen atoms in total. The molecule has 2 aromatic carbocycles. The van der Waals surface area contributed by atoms with Crippen LogP contribution in [-0.2, 0) is 6.42 Å². The van der Waals surface area contributed by atoms with Gasteiger partial charge >= 0.3 is 0 Å². The monoisotopic (exact) mass is 358 g/mol. The maximum atomic E-state index is 12.9. The van der Waals surface area contributed by atoms with Crippen molar-refractivity contribution in [3.05, 3.63) is 77.7 Å². The van der Waals surface area contributed by atoms with Gasteiger partial charge in [-0.1, -0.05) is 18.2 Å². The van der Waals surface area contributed by atoms with Crippen LogP contribution in [0.25, 0.3) is 0 Å². The third-order valence-corrected chi connectivity index (χ3v) is 4.58. The molecule has 3 aromatic rings. The van der Waals surface area contributed by atoms with E-state index in [0.29, 0.717) is 23.6 Å². The fourth-order valence-electron chi connectivity index (χ4n) is 3.17. The molecule has 27 heavy (non-hydrogen) atoms. The molecule has 0 fully saturated rings. The lowest BCUT2D eigenvalue weighted by Crippen LogP contribution is -2.29. The Morgan fingerprint density at radius 3 is 2.59 bits per heavy atom. The van der Waals surface area contributed by atoms with Crippen LogP contribution >= 0.6 is 0 Å². The Balaban J connectivity index is 1.54. The van der Waals surface area contributed by atoms with Crippen molar-refractivity contribution in [1.29, 1.82) is 0 Å². The maximum Gasteiger partial charge on any atom is 0.277 e. The molecule has 0 atom stereocenters. The number of carbonyl (C=O) groups excluding carboxylic acids is 2. The zero-order valence-corrected chi connectivity index (χ0v) is 14.8. The lowest BCUT2D eigenvalue weighted by molar-refractivity contribution is 0.0982. The number of nitrogens with zero attached hydrogens (tertiary/aromatic N) is 3. The molecule has 0 unspecified atom stereocenters. The molecule has 1 aromatic heterocycles. The van der Waals surface area contributed by atoms with Gasteiger partial charge in [-0.05, 0) is 49.2 Å². The van der Waals surface area contributed by atoms with Crippen LogP contribution in [0.5, 0.6) is 0 Å². The number of nitrogens with one attached hydrogen (secondary N) is 1. The average Bonchev–Trinajstić information content (AvgIpc) is 3.12. The van der Waals surface area contributed by atoms with Gasteiger partial charge in [0, 0.05) is 29.5 Å². The number of rotatable bonds is 4. The van der Waals surface area contributed by atoms with E-state index in [1.165, 1.54) is 18.8 Å². The highest BCUT2D eigenvalue weighted by Crippen LogP contribution is 2.28. The van der Waals surface area contributed by atoms with E-state index < -0.39 is 0 Å². The van der Waals surface area contributed by atoms with Crippen molar-refractivity contribution in [2.75, 3.05) is 16.8 Å². The van der Waals surface area contributed by atoms with Gasteiger partial charge in [-0.2, -0.15) is 0 Å². The van der Waals surface area contributed by atoms with Gasteiger partial charge in [0.1, 0.15) is 17.8 Å². The van der Waals surface area contributed by atoms with E-state index in [0.717, 1.165) is 17.8 Å². The summed E-state index contributed by atoms with van der Waals surface area (Å²) in [5.74, 6) is 0.399. The van der Waals surface area contributed by atoms with Crippen LogP contribution in [0, 0.1) is 0 Å². The molecule has 0 spiro atoms. The number of carbonyl (C=O) groups is 2. The molecule has 1 amide bonds. The second-order valence-electron chi connectivity index (χ2n) is 6.38. The molecule has 1 aliphatic rings. The number of benzene rings is 2. The molecule has 134 valence electrons. The highest BCUT2D eigenvalue weighted by Gasteiger charge is 2.26. The Hall–Kier alpha value is -3.54. The number of amides is 1. The first-order valence-corrected chi connectivity index (χ1v) is 8.71. The Morgan fingerprint density at radius 1 is 1.04 bits per heavy atom. The van der Waals surface area contributed by atoms with Crippen LogP contribution in [0.4, 0.5) is 17.2 Å². The minimum absolute atomic E-state index is 0.0161. The number of para-hydroxylation sites is 1. The van der Waals surface area contributed by atoms with Crippen molar-refractivity contribution in [3.8, 4) is 0 Å². The standard InChI is InChI=1S/C21H18N4O2/c1-14(26)15-6-8-17(9-7-15)24-20-12-18(22-13-23-20)21(27)25-11-10-16-4-2-3-5-19(16)25/h2-9,12-13H,10-11H2,1H3,(H,22,23,24). The van der Waals surface area contributed by atoms with Gasteiger partial charge in [-0.15, -0.1) is 0 Å². The third kappa shape index (κ3) is 3.42. The van der Waals surface area contributed by atoms with E-state index in [1.54, 1.807) is 35.2 Å². The first-order chi connectivity index (χ1) is 13.1. The molecule has 0 saturated heterocycles. The minimum atomic E-state index is -0.141. The van der Waals surface area contributed by atoms with Crippen molar-refractivity contribution in [3.63, 3.8) is 0 Å². The number of hydrogen-bond donors (Lipinski definition) is 1. The molecule has 0 saturated carbocycles. The zero-order chi connectivity index (χ0) is 18.8. The summed E-state index contributed by atoms with van der Waals surface area (Å²) in [6.45, 7) is 2.18. The predicted molar refractivity (Wildman–Crippen MR) is 104 cm³/mol. The van der Waals surface area contributed by atoms with Crippen LogP contribution < -0.4 is 10.2 Å². The van der Waals surface area contributed by atoms with E-state index in [1.807, 2.05) is 24.3 Å². The quantitative estimate of drug-likeness (QED) is 0.721. The molecule has 0 bridgehead atoms. The lowest BCUT2D eigenvalue weighted by Gasteiger charge is -2.17. The molecule has 4 rings (SSSR count). The molecule has 1 aliphatic heterocycles. The van der Waals surface area contributed by atoms with Crippen LogP contribution in [0.15, 0.2) is 60.9 Å².